The van der Waals surface area contributed by atoms with Gasteiger partial charge in [0.15, 0.2) is 0 Å². The van der Waals surface area contributed by atoms with Gasteiger partial charge in [0.2, 0.25) is 10.0 Å². The molecular weight excluding hydrogens is 391 g/mol. The van der Waals surface area contributed by atoms with E-state index in [0.29, 0.717) is 23.0 Å². The van der Waals surface area contributed by atoms with Gasteiger partial charge >= 0.3 is 18.2 Å². The van der Waals surface area contributed by atoms with Crippen molar-refractivity contribution in [1.29, 1.82) is 0 Å². The molecule has 12 heteroatoms. The Balaban J connectivity index is 2.29. The van der Waals surface area contributed by atoms with Crippen LogP contribution >= 0.6 is 0 Å². The van der Waals surface area contributed by atoms with Crippen molar-refractivity contribution in [2.75, 3.05) is 26.2 Å². The number of piperazine rings is 1. The fourth-order valence-electron chi connectivity index (χ4n) is 2.65. The summed E-state index contributed by atoms with van der Waals surface area (Å²) in [6, 6.07) is 0.741. The zero-order chi connectivity index (χ0) is 20.4. The van der Waals surface area contributed by atoms with Crippen LogP contribution in [0, 0.1) is 0 Å². The number of alkyl halides is 3. The van der Waals surface area contributed by atoms with Gasteiger partial charge in [-0.3, -0.25) is 4.79 Å². The molecule has 1 aliphatic rings. The number of sulfonamides is 1. The molecule has 2 rings (SSSR count). The number of rotatable bonds is 4. The van der Waals surface area contributed by atoms with E-state index in [1.165, 1.54) is 4.90 Å². The molecule has 27 heavy (non-hydrogen) atoms. The van der Waals surface area contributed by atoms with Crippen LogP contribution in [0.5, 0.6) is 0 Å². The molecule has 0 unspecified atom stereocenters. The monoisotopic (exact) mass is 409 g/mol. The highest BCUT2D eigenvalue weighted by Gasteiger charge is 2.41. The van der Waals surface area contributed by atoms with Crippen molar-refractivity contribution in [2.24, 2.45) is 0 Å². The highest BCUT2D eigenvalue weighted by atomic mass is 32.2. The van der Waals surface area contributed by atoms with Crippen LogP contribution in [0.2, 0.25) is 0 Å². The minimum atomic E-state index is -4.62. The van der Waals surface area contributed by atoms with E-state index in [1.807, 2.05) is 0 Å². The first-order chi connectivity index (χ1) is 12.5. The Morgan fingerprint density at radius 2 is 1.81 bits per heavy atom. The van der Waals surface area contributed by atoms with Gasteiger partial charge in [0.25, 0.3) is 0 Å². The van der Waals surface area contributed by atoms with E-state index in [9.17, 15) is 36.3 Å². The van der Waals surface area contributed by atoms with Crippen molar-refractivity contribution >= 4 is 22.0 Å². The number of carbonyl (C=O) groups is 2. The average Bonchev–Trinajstić information content (AvgIpc) is 2.60. The number of nitrogens with one attached hydrogen (secondary N) is 1. The third kappa shape index (κ3) is 4.50. The number of carboxylic acids is 1. The van der Waals surface area contributed by atoms with E-state index in [1.54, 1.807) is 6.92 Å². The van der Waals surface area contributed by atoms with Gasteiger partial charge in [0.1, 0.15) is 6.04 Å². The molecular formula is C15H18F3N3O5S. The Morgan fingerprint density at radius 3 is 2.30 bits per heavy atom. The first-order valence-corrected chi connectivity index (χ1v) is 9.37. The van der Waals surface area contributed by atoms with Crippen LogP contribution in [0.1, 0.15) is 12.5 Å². The van der Waals surface area contributed by atoms with E-state index < -0.39 is 44.7 Å². The van der Waals surface area contributed by atoms with Crippen molar-refractivity contribution < 1.29 is 36.3 Å². The lowest BCUT2D eigenvalue weighted by atomic mass is 10.2. The summed E-state index contributed by atoms with van der Waals surface area (Å²) in [7, 11) is -4.35. The zero-order valence-corrected chi connectivity index (χ0v) is 15.0. The number of amides is 2. The van der Waals surface area contributed by atoms with Crippen molar-refractivity contribution in [3.05, 3.63) is 29.8 Å². The predicted octanol–water partition coefficient (Wildman–Crippen LogP) is 1.19. The first-order valence-electron chi connectivity index (χ1n) is 7.93. The third-order valence-electron chi connectivity index (χ3n) is 4.02. The summed E-state index contributed by atoms with van der Waals surface area (Å²) in [5.41, 5.74) is -1.02. The summed E-state index contributed by atoms with van der Waals surface area (Å²) < 4.78 is 64.1. The second kappa shape index (κ2) is 7.72. The fraction of sp³-hybridized carbons (Fsp3) is 0.467. The number of carbonyl (C=O) groups excluding carboxylic acids is 1. The number of carboxylic acid groups (broad SMARTS) is 1. The van der Waals surface area contributed by atoms with Crippen LogP contribution in [0.25, 0.3) is 0 Å². The second-order valence-corrected chi connectivity index (χ2v) is 7.66. The maximum Gasteiger partial charge on any atom is 0.416 e. The van der Waals surface area contributed by atoms with Crippen LogP contribution in [-0.2, 0) is 21.0 Å². The molecule has 1 saturated heterocycles. The number of hydrogen-bond acceptors (Lipinski definition) is 4. The van der Waals surface area contributed by atoms with Gasteiger partial charge < -0.3 is 15.3 Å². The van der Waals surface area contributed by atoms with E-state index >= 15 is 0 Å². The number of aliphatic carboxylic acids is 1. The number of urea groups is 1. The molecule has 0 spiro atoms. The largest absolute Gasteiger partial charge is 0.480 e. The van der Waals surface area contributed by atoms with Gasteiger partial charge in [-0.15, -0.1) is 0 Å². The fourth-order valence-corrected chi connectivity index (χ4v) is 4.22. The molecule has 8 nitrogen and oxygen atoms in total. The van der Waals surface area contributed by atoms with Crippen molar-refractivity contribution in [3.63, 3.8) is 0 Å². The summed E-state index contributed by atoms with van der Waals surface area (Å²) in [5, 5.41) is 11.9. The summed E-state index contributed by atoms with van der Waals surface area (Å²) in [4.78, 5) is 24.1. The molecule has 0 aromatic heterocycles. The van der Waals surface area contributed by atoms with Crippen LogP contribution < -0.4 is 5.32 Å². The van der Waals surface area contributed by atoms with Gasteiger partial charge in [-0.25, -0.2) is 13.2 Å². The van der Waals surface area contributed by atoms with Crippen molar-refractivity contribution in [1.82, 2.24) is 14.5 Å². The minimum absolute atomic E-state index is 0.0462. The molecule has 1 fully saturated rings. The Morgan fingerprint density at radius 1 is 1.22 bits per heavy atom. The molecule has 0 aliphatic carbocycles. The van der Waals surface area contributed by atoms with Crippen molar-refractivity contribution in [2.45, 2.75) is 24.0 Å². The lowest BCUT2D eigenvalue weighted by Crippen LogP contribution is -2.60. The molecule has 150 valence electrons. The van der Waals surface area contributed by atoms with Crippen LogP contribution in [0.3, 0.4) is 0 Å². The smallest absolute Gasteiger partial charge is 0.416 e. The van der Waals surface area contributed by atoms with E-state index in [-0.39, 0.29) is 19.6 Å². The molecule has 0 saturated carbocycles. The highest BCUT2D eigenvalue weighted by molar-refractivity contribution is 7.89. The van der Waals surface area contributed by atoms with Gasteiger partial charge in [-0.05, 0) is 31.2 Å². The molecule has 2 amide bonds. The zero-order valence-electron chi connectivity index (χ0n) is 14.2. The summed E-state index contributed by atoms with van der Waals surface area (Å²) in [5.74, 6) is -1.46. The minimum Gasteiger partial charge on any atom is -0.480 e. The SMILES string of the molecule is CCNC(=O)N1CCN(S(=O)(=O)c2ccc(C(F)(F)F)cc2)[C@@H](C(=O)O)C1. The lowest BCUT2D eigenvalue weighted by Gasteiger charge is -2.38. The van der Waals surface area contributed by atoms with Gasteiger partial charge in [0, 0.05) is 26.2 Å². The molecule has 1 aromatic rings. The Hall–Kier alpha value is -2.34. The molecule has 1 heterocycles. The van der Waals surface area contributed by atoms with E-state index in [4.69, 9.17) is 0 Å². The molecule has 0 bridgehead atoms. The first kappa shape index (κ1) is 21.0. The maximum atomic E-state index is 12.7. The Bertz CT molecular complexity index is 811. The van der Waals surface area contributed by atoms with Crippen molar-refractivity contribution in [3.8, 4) is 0 Å². The normalized spacial score (nSPS) is 19.0. The van der Waals surface area contributed by atoms with Crippen LogP contribution in [0.4, 0.5) is 18.0 Å². The third-order valence-corrected chi connectivity index (χ3v) is 5.94. The van der Waals surface area contributed by atoms with E-state index in [2.05, 4.69) is 5.32 Å². The van der Waals surface area contributed by atoms with Crippen LogP contribution in [0.15, 0.2) is 29.2 Å². The molecule has 0 radical (unpaired) electrons. The molecule has 1 aliphatic heterocycles. The Kier molecular flexibility index (Phi) is 6.00. The van der Waals surface area contributed by atoms with Gasteiger partial charge in [-0.2, -0.15) is 17.5 Å². The predicted molar refractivity (Wildman–Crippen MR) is 87.4 cm³/mol. The topological polar surface area (TPSA) is 107 Å². The van der Waals surface area contributed by atoms with Gasteiger partial charge in [-0.1, -0.05) is 0 Å². The molecule has 1 atom stereocenters. The second-order valence-electron chi connectivity index (χ2n) is 5.77. The van der Waals surface area contributed by atoms with Crippen LogP contribution in [-0.4, -0.2) is 67.0 Å². The summed E-state index contributed by atoms with van der Waals surface area (Å²) >= 11 is 0. The standard InChI is InChI=1S/C15H18F3N3O5S/c1-2-19-14(24)20-7-8-21(12(9-20)13(22)23)27(25,26)11-5-3-10(4-6-11)15(16,17)18/h3-6,12H,2,7-9H2,1H3,(H,19,24)(H,22,23)/t12-/m1/s1. The number of halogens is 3. The highest BCUT2D eigenvalue weighted by Crippen LogP contribution is 2.30. The maximum absolute atomic E-state index is 12.7. The number of nitrogens with zero attached hydrogens (tertiary/aromatic N) is 2. The summed E-state index contributed by atoms with van der Waals surface area (Å²) in [6.07, 6.45) is -4.62. The summed E-state index contributed by atoms with van der Waals surface area (Å²) in [6.45, 7) is 1.28. The van der Waals surface area contributed by atoms with Gasteiger partial charge in [0.05, 0.1) is 10.5 Å². The van der Waals surface area contributed by atoms with E-state index in [0.717, 1.165) is 12.1 Å². The molecule has 2 N–H and O–H groups in total. The number of benzene rings is 1. The average molecular weight is 409 g/mol. The lowest BCUT2D eigenvalue weighted by molar-refractivity contribution is -0.142. The quantitative estimate of drug-likeness (QED) is 0.777. The Labute approximate surface area is 153 Å². The number of hydrogen-bond donors (Lipinski definition) is 2. The molecule has 1 aromatic carbocycles.